The molecule has 3 rings (SSSR count). The van der Waals surface area contributed by atoms with Gasteiger partial charge in [-0.05, 0) is 36.5 Å². The van der Waals surface area contributed by atoms with E-state index in [9.17, 15) is 4.79 Å². The molecule has 0 spiro atoms. The van der Waals surface area contributed by atoms with E-state index in [-0.39, 0.29) is 47.5 Å². The number of fused-ring (bicyclic) bond motifs is 1. The van der Waals surface area contributed by atoms with E-state index in [1.807, 2.05) is 0 Å². The summed E-state index contributed by atoms with van der Waals surface area (Å²) in [5.74, 6) is 0.278. The molecule has 1 aliphatic carbocycles. The van der Waals surface area contributed by atoms with Crippen molar-refractivity contribution in [2.75, 3.05) is 0 Å². The first-order chi connectivity index (χ1) is 15.0. The normalized spacial score (nSPS) is 26.9. The lowest BCUT2D eigenvalue weighted by molar-refractivity contribution is -0.141. The number of hydrogen-bond donors (Lipinski definition) is 0. The molecule has 0 N–H and O–H groups in total. The van der Waals surface area contributed by atoms with Crippen LogP contribution in [-0.4, -0.2) is 39.0 Å². The molecule has 1 saturated carbocycles. The van der Waals surface area contributed by atoms with Gasteiger partial charge in [0, 0.05) is 18.3 Å². The van der Waals surface area contributed by atoms with E-state index in [2.05, 4.69) is 94.6 Å². The zero-order chi connectivity index (χ0) is 23.5. The summed E-state index contributed by atoms with van der Waals surface area (Å²) in [7, 11) is 3.43. The summed E-state index contributed by atoms with van der Waals surface area (Å²) < 4.78 is 18.6. The maximum atomic E-state index is 11.9. The second kappa shape index (κ2) is 10.8. The SMILES string of the molecule is CC(C)(C)[Si](C)(C)O[C@@H](C=C[C@@H]1[C@H]2CC(=O)O[C@H]2C[C@H]1OB(P)P)CCc1ccccc1. The minimum absolute atomic E-state index is 0.0113. The summed E-state index contributed by atoms with van der Waals surface area (Å²) in [4.78, 5) is 11.9. The van der Waals surface area contributed by atoms with Gasteiger partial charge in [-0.15, -0.1) is 18.2 Å². The van der Waals surface area contributed by atoms with Crippen LogP contribution in [0.2, 0.25) is 18.1 Å². The van der Waals surface area contributed by atoms with Gasteiger partial charge in [0.2, 0.25) is 0 Å². The van der Waals surface area contributed by atoms with Crippen molar-refractivity contribution in [1.82, 2.24) is 0 Å². The molecule has 0 aromatic heterocycles. The third-order valence-electron chi connectivity index (χ3n) is 7.24. The average molecular weight is 492 g/mol. The Bertz CT molecular complexity index is 797. The van der Waals surface area contributed by atoms with Crippen molar-refractivity contribution in [2.24, 2.45) is 11.8 Å². The summed E-state index contributed by atoms with van der Waals surface area (Å²) in [5, 5.41) is 0.147. The third kappa shape index (κ3) is 6.76. The summed E-state index contributed by atoms with van der Waals surface area (Å²) in [6, 6.07) is 10.6. The van der Waals surface area contributed by atoms with Gasteiger partial charge in [-0.25, -0.2) is 0 Å². The molecule has 2 aliphatic rings. The Kier molecular flexibility index (Phi) is 8.83. The number of ether oxygens (including phenoxy) is 1. The molecule has 1 aromatic carbocycles. The van der Waals surface area contributed by atoms with Gasteiger partial charge in [0.05, 0.1) is 18.6 Å². The van der Waals surface area contributed by atoms with Crippen LogP contribution in [0.25, 0.3) is 0 Å². The molecule has 7 atom stereocenters. The lowest BCUT2D eigenvalue weighted by Crippen LogP contribution is -2.43. The first kappa shape index (κ1) is 26.1. The lowest BCUT2D eigenvalue weighted by Gasteiger charge is -2.39. The molecule has 8 heteroatoms. The van der Waals surface area contributed by atoms with Crippen molar-refractivity contribution in [3.63, 3.8) is 0 Å². The fraction of sp³-hybridized carbons (Fsp3) is 0.625. The molecule has 1 heterocycles. The highest BCUT2D eigenvalue weighted by molar-refractivity contribution is 7.92. The summed E-state index contributed by atoms with van der Waals surface area (Å²) in [5.41, 5.74) is 1.33. The van der Waals surface area contributed by atoms with Crippen molar-refractivity contribution in [1.29, 1.82) is 0 Å². The minimum Gasteiger partial charge on any atom is -0.462 e. The molecular weight excluding hydrogens is 453 g/mol. The van der Waals surface area contributed by atoms with Crippen LogP contribution >= 0.6 is 18.2 Å². The molecule has 0 amide bonds. The van der Waals surface area contributed by atoms with Gasteiger partial charge in [-0.2, -0.15) is 0 Å². The van der Waals surface area contributed by atoms with Crippen molar-refractivity contribution in [2.45, 2.75) is 82.9 Å². The second-order valence-electron chi connectivity index (χ2n) is 10.7. The van der Waals surface area contributed by atoms with Gasteiger partial charge in [0.15, 0.2) is 8.32 Å². The van der Waals surface area contributed by atoms with Gasteiger partial charge < -0.3 is 13.8 Å². The molecule has 1 aromatic rings. The Balaban J connectivity index is 1.78. The number of rotatable bonds is 9. The maximum Gasteiger partial charge on any atom is 0.336 e. The van der Waals surface area contributed by atoms with E-state index >= 15 is 0 Å². The Morgan fingerprint density at radius 2 is 1.94 bits per heavy atom. The summed E-state index contributed by atoms with van der Waals surface area (Å²) in [6.45, 7) is 11.5. The van der Waals surface area contributed by atoms with Crippen LogP contribution in [0.4, 0.5) is 0 Å². The predicted octanol–water partition coefficient (Wildman–Crippen LogP) is 5.64. The van der Waals surface area contributed by atoms with Gasteiger partial charge in [-0.3, -0.25) is 4.79 Å². The van der Waals surface area contributed by atoms with Crippen LogP contribution in [0, 0.1) is 11.8 Å². The molecule has 2 fully saturated rings. The third-order valence-corrected chi connectivity index (χ3v) is 12.1. The standard InChI is InChI=1S/C24H39BO4P2Si/c1-24(2,3)32(4,5)29-18(12-11-17-9-7-6-8-10-17)13-14-19-20-15-23(26)27-21(20)16-22(19)28-25(30)31/h6-10,13-14,18-22H,11-12,15-16,30-31H2,1-5H3/t18-,19-,20-,21+,22-/m1/s1. The number of aryl methyl sites for hydroxylation is 1. The highest BCUT2D eigenvalue weighted by Gasteiger charge is 2.49. The number of hydrogen-bond acceptors (Lipinski definition) is 4. The van der Waals surface area contributed by atoms with Crippen LogP contribution in [0.15, 0.2) is 42.5 Å². The van der Waals surface area contributed by atoms with Crippen LogP contribution in [0.5, 0.6) is 0 Å². The maximum absolute atomic E-state index is 11.9. The fourth-order valence-corrected chi connectivity index (χ4v) is 6.18. The highest BCUT2D eigenvalue weighted by atomic mass is 31.1. The first-order valence-corrected chi connectivity index (χ1v) is 16.0. The van der Waals surface area contributed by atoms with E-state index in [4.69, 9.17) is 13.8 Å². The minimum atomic E-state index is -1.93. The van der Waals surface area contributed by atoms with E-state index in [0.717, 1.165) is 19.3 Å². The van der Waals surface area contributed by atoms with Crippen molar-refractivity contribution in [3.05, 3.63) is 48.0 Å². The van der Waals surface area contributed by atoms with E-state index < -0.39 is 8.32 Å². The zero-order valence-corrected chi connectivity index (χ0v) is 23.4. The molecule has 2 unspecified atom stereocenters. The zero-order valence-electron chi connectivity index (χ0n) is 20.1. The van der Waals surface area contributed by atoms with E-state index in [0.29, 0.717) is 6.42 Å². The number of esters is 1. The second-order valence-corrected chi connectivity index (χ2v) is 17.5. The first-order valence-electron chi connectivity index (χ1n) is 11.7. The van der Waals surface area contributed by atoms with Crippen molar-refractivity contribution in [3.8, 4) is 0 Å². The average Bonchev–Trinajstić information content (AvgIpc) is 3.19. The lowest BCUT2D eigenvalue weighted by atomic mass is 9.91. The number of carbonyl (C=O) groups excluding carboxylic acids is 1. The van der Waals surface area contributed by atoms with Crippen LogP contribution < -0.4 is 0 Å². The molecule has 0 bridgehead atoms. The summed E-state index contributed by atoms with van der Waals surface area (Å²) >= 11 is 0. The molecule has 4 nitrogen and oxygen atoms in total. The Morgan fingerprint density at radius 1 is 1.25 bits per heavy atom. The molecule has 0 radical (unpaired) electrons. The van der Waals surface area contributed by atoms with Gasteiger partial charge in [0.1, 0.15) is 6.10 Å². The summed E-state index contributed by atoms with van der Waals surface area (Å²) in [6.07, 6.45) is 7.72. The van der Waals surface area contributed by atoms with Gasteiger partial charge >= 0.3 is 12.3 Å². The van der Waals surface area contributed by atoms with Crippen LogP contribution in [0.1, 0.15) is 45.6 Å². The van der Waals surface area contributed by atoms with E-state index in [1.54, 1.807) is 0 Å². The fourth-order valence-electron chi connectivity index (χ4n) is 4.47. The Hall–Kier alpha value is -0.508. The van der Waals surface area contributed by atoms with E-state index in [1.165, 1.54) is 5.56 Å². The Labute approximate surface area is 200 Å². The predicted molar refractivity (Wildman–Crippen MR) is 142 cm³/mol. The smallest absolute Gasteiger partial charge is 0.336 e. The number of benzene rings is 1. The topological polar surface area (TPSA) is 44.8 Å². The van der Waals surface area contributed by atoms with Crippen LogP contribution in [-0.2, 0) is 25.0 Å². The molecule has 1 aliphatic heterocycles. The molecule has 1 saturated heterocycles. The van der Waals surface area contributed by atoms with Crippen molar-refractivity contribution < 1.29 is 18.6 Å². The highest BCUT2D eigenvalue weighted by Crippen LogP contribution is 2.44. The molecule has 32 heavy (non-hydrogen) atoms. The van der Waals surface area contributed by atoms with Crippen molar-refractivity contribution >= 4 is 38.9 Å². The quantitative estimate of drug-likeness (QED) is 0.194. The largest absolute Gasteiger partial charge is 0.462 e. The number of carbonyl (C=O) groups is 1. The van der Waals surface area contributed by atoms with Crippen LogP contribution in [0.3, 0.4) is 0 Å². The molecular formula is C24H39BO4P2Si. The molecule has 176 valence electrons. The Morgan fingerprint density at radius 3 is 2.56 bits per heavy atom. The van der Waals surface area contributed by atoms with Gasteiger partial charge in [-0.1, -0.05) is 63.3 Å². The monoisotopic (exact) mass is 492 g/mol. The van der Waals surface area contributed by atoms with Gasteiger partial charge in [0.25, 0.3) is 0 Å².